The van der Waals surface area contributed by atoms with E-state index in [-0.39, 0.29) is 32.2 Å². The van der Waals surface area contributed by atoms with E-state index in [2.05, 4.69) is 0 Å². The number of benzene rings is 1. The van der Waals surface area contributed by atoms with Crippen LogP contribution in [0, 0.1) is 5.92 Å². The minimum absolute atomic E-state index is 0.0381. The van der Waals surface area contributed by atoms with Crippen LogP contribution in [0.3, 0.4) is 0 Å². The first-order chi connectivity index (χ1) is 15.9. The first-order valence-electron chi connectivity index (χ1n) is 11.7. The number of likely N-dealkylation sites (tertiary alicyclic amines) is 1. The van der Waals surface area contributed by atoms with Gasteiger partial charge in [-0.2, -0.15) is 13.2 Å². The molecule has 10 heteroatoms. The molecular weight excluding hydrogens is 451 g/mol. The van der Waals surface area contributed by atoms with E-state index in [4.69, 9.17) is 9.47 Å². The number of carbonyl (C=O) groups is 2. The Kier molecular flexibility index (Phi) is 8.33. The van der Waals surface area contributed by atoms with Gasteiger partial charge in [-0.15, -0.1) is 0 Å². The third-order valence-electron chi connectivity index (χ3n) is 6.09. The van der Waals surface area contributed by atoms with Crippen molar-refractivity contribution in [3.05, 3.63) is 35.9 Å². The lowest BCUT2D eigenvalue weighted by molar-refractivity contribution is -0.197. The molecule has 190 valence electrons. The molecule has 0 aliphatic carbocycles. The van der Waals surface area contributed by atoms with Crippen molar-refractivity contribution in [3.63, 3.8) is 0 Å². The van der Waals surface area contributed by atoms with Crippen LogP contribution >= 0.6 is 0 Å². The Labute approximate surface area is 198 Å². The second-order valence-corrected chi connectivity index (χ2v) is 9.95. The van der Waals surface area contributed by atoms with Crippen LogP contribution in [-0.2, 0) is 16.1 Å². The molecule has 0 bridgehead atoms. The fourth-order valence-electron chi connectivity index (χ4n) is 4.28. The van der Waals surface area contributed by atoms with E-state index >= 15 is 0 Å². The summed E-state index contributed by atoms with van der Waals surface area (Å²) in [4.78, 5) is 28.8. The molecule has 0 N–H and O–H groups in total. The van der Waals surface area contributed by atoms with Gasteiger partial charge in [0.15, 0.2) is 0 Å². The van der Waals surface area contributed by atoms with Gasteiger partial charge in [0.05, 0.1) is 0 Å². The molecule has 34 heavy (non-hydrogen) atoms. The maximum absolute atomic E-state index is 13.8. The molecule has 2 amide bonds. The van der Waals surface area contributed by atoms with Gasteiger partial charge in [0.25, 0.3) is 0 Å². The lowest BCUT2D eigenvalue weighted by atomic mass is 9.95. The number of rotatable bonds is 4. The van der Waals surface area contributed by atoms with Crippen molar-refractivity contribution in [2.24, 2.45) is 5.92 Å². The highest BCUT2D eigenvalue weighted by Gasteiger charge is 2.48. The van der Waals surface area contributed by atoms with E-state index in [1.807, 2.05) is 30.3 Å². The molecule has 1 aromatic rings. The Bertz CT molecular complexity index is 821. The van der Waals surface area contributed by atoms with Crippen molar-refractivity contribution in [3.8, 4) is 0 Å². The standard InChI is InChI=1S/C24H34F3N3O4/c1-23(2,3)34-22(32)30-14-13-29(20(16-30)24(25,26)27)15-18-9-11-28(12-10-18)21(31)33-17-19-7-5-4-6-8-19/h4-8,18,20H,9-17H2,1-3H3/t20-/m1/s1. The highest BCUT2D eigenvalue weighted by Crippen LogP contribution is 2.31. The van der Waals surface area contributed by atoms with Gasteiger partial charge in [-0.05, 0) is 45.1 Å². The van der Waals surface area contributed by atoms with E-state index < -0.39 is 36.6 Å². The Hall–Kier alpha value is -2.49. The number of amides is 2. The average molecular weight is 486 g/mol. The summed E-state index contributed by atoms with van der Waals surface area (Å²) >= 11 is 0. The predicted molar refractivity (Wildman–Crippen MR) is 120 cm³/mol. The van der Waals surface area contributed by atoms with E-state index in [0.29, 0.717) is 25.9 Å². The zero-order valence-corrected chi connectivity index (χ0v) is 20.0. The molecule has 2 heterocycles. The van der Waals surface area contributed by atoms with E-state index in [1.165, 1.54) is 4.90 Å². The minimum Gasteiger partial charge on any atom is -0.445 e. The topological polar surface area (TPSA) is 62.3 Å². The van der Waals surface area contributed by atoms with Crippen molar-refractivity contribution >= 4 is 12.2 Å². The largest absolute Gasteiger partial charge is 0.445 e. The molecule has 0 aromatic heterocycles. The Balaban J connectivity index is 1.49. The molecule has 7 nitrogen and oxygen atoms in total. The van der Waals surface area contributed by atoms with Gasteiger partial charge in [0.2, 0.25) is 0 Å². The van der Waals surface area contributed by atoms with Gasteiger partial charge in [-0.3, -0.25) is 4.90 Å². The lowest BCUT2D eigenvalue weighted by Crippen LogP contribution is -2.61. The van der Waals surface area contributed by atoms with Crippen molar-refractivity contribution < 1.29 is 32.2 Å². The van der Waals surface area contributed by atoms with Gasteiger partial charge >= 0.3 is 18.4 Å². The summed E-state index contributed by atoms with van der Waals surface area (Å²) in [5.41, 5.74) is 0.132. The third kappa shape index (κ3) is 7.51. The molecule has 2 fully saturated rings. The van der Waals surface area contributed by atoms with Crippen LogP contribution in [-0.4, -0.2) is 84.0 Å². The number of ether oxygens (including phenoxy) is 2. The molecule has 2 saturated heterocycles. The number of halogens is 3. The molecule has 3 rings (SSSR count). The summed E-state index contributed by atoms with van der Waals surface area (Å²) in [7, 11) is 0. The number of carbonyl (C=O) groups excluding carboxylic acids is 2. The summed E-state index contributed by atoms with van der Waals surface area (Å²) in [5, 5.41) is 0. The van der Waals surface area contributed by atoms with Crippen LogP contribution in [0.15, 0.2) is 30.3 Å². The molecule has 0 unspecified atom stereocenters. The van der Waals surface area contributed by atoms with Crippen molar-refractivity contribution in [1.29, 1.82) is 0 Å². The second kappa shape index (κ2) is 10.8. The van der Waals surface area contributed by atoms with E-state index in [1.54, 1.807) is 25.7 Å². The molecular formula is C24H34F3N3O4. The molecule has 0 saturated carbocycles. The van der Waals surface area contributed by atoms with Crippen molar-refractivity contribution in [2.45, 2.75) is 58.0 Å². The van der Waals surface area contributed by atoms with Crippen LogP contribution in [0.25, 0.3) is 0 Å². The summed E-state index contributed by atoms with van der Waals surface area (Å²) in [6, 6.07) is 7.64. The lowest BCUT2D eigenvalue weighted by Gasteiger charge is -2.44. The summed E-state index contributed by atoms with van der Waals surface area (Å²) in [5.74, 6) is 0.0381. The highest BCUT2D eigenvalue weighted by atomic mass is 19.4. The van der Waals surface area contributed by atoms with E-state index in [9.17, 15) is 22.8 Å². The summed E-state index contributed by atoms with van der Waals surface area (Å²) in [6.45, 7) is 6.30. The van der Waals surface area contributed by atoms with Crippen molar-refractivity contribution in [1.82, 2.24) is 14.7 Å². The molecule has 0 radical (unpaired) electrons. The third-order valence-corrected chi connectivity index (χ3v) is 6.09. The minimum atomic E-state index is -4.46. The molecule has 2 aliphatic heterocycles. The number of piperidine rings is 1. The van der Waals surface area contributed by atoms with Gasteiger partial charge < -0.3 is 19.3 Å². The van der Waals surface area contributed by atoms with Crippen LogP contribution in [0.5, 0.6) is 0 Å². The zero-order chi connectivity index (χ0) is 24.9. The molecule has 1 atom stereocenters. The Morgan fingerprint density at radius 3 is 2.18 bits per heavy atom. The molecule has 1 aromatic carbocycles. The van der Waals surface area contributed by atoms with Gasteiger partial charge in [0, 0.05) is 39.3 Å². The fourth-order valence-corrected chi connectivity index (χ4v) is 4.28. The van der Waals surface area contributed by atoms with Crippen LogP contribution in [0.4, 0.5) is 22.8 Å². The fraction of sp³-hybridized carbons (Fsp3) is 0.667. The second-order valence-electron chi connectivity index (χ2n) is 9.95. The predicted octanol–water partition coefficient (Wildman–Crippen LogP) is 4.52. The maximum Gasteiger partial charge on any atom is 0.410 e. The number of alkyl halides is 3. The van der Waals surface area contributed by atoms with Gasteiger partial charge in [-0.25, -0.2) is 9.59 Å². The normalized spacial score (nSPS) is 20.8. The number of hydrogen-bond donors (Lipinski definition) is 0. The van der Waals surface area contributed by atoms with Gasteiger partial charge in [-0.1, -0.05) is 30.3 Å². The van der Waals surface area contributed by atoms with Gasteiger partial charge in [0.1, 0.15) is 18.2 Å². The van der Waals surface area contributed by atoms with Crippen LogP contribution < -0.4 is 0 Å². The highest BCUT2D eigenvalue weighted by molar-refractivity contribution is 5.68. The molecule has 0 spiro atoms. The number of piperazine rings is 1. The summed E-state index contributed by atoms with van der Waals surface area (Å²) in [6.07, 6.45) is -4.36. The number of nitrogens with zero attached hydrogens (tertiary/aromatic N) is 3. The monoisotopic (exact) mass is 485 g/mol. The quantitative estimate of drug-likeness (QED) is 0.628. The summed E-state index contributed by atoms with van der Waals surface area (Å²) < 4.78 is 52.1. The first kappa shape index (κ1) is 26.1. The van der Waals surface area contributed by atoms with Crippen LogP contribution in [0.2, 0.25) is 0 Å². The van der Waals surface area contributed by atoms with Crippen molar-refractivity contribution in [2.75, 3.05) is 39.3 Å². The SMILES string of the molecule is CC(C)(C)OC(=O)N1CCN(CC2CCN(C(=O)OCc3ccccc3)CC2)[C@@H](C(F)(F)F)C1. The average Bonchev–Trinajstić information content (AvgIpc) is 2.77. The Morgan fingerprint density at radius 2 is 1.59 bits per heavy atom. The van der Waals surface area contributed by atoms with E-state index in [0.717, 1.165) is 10.5 Å². The Morgan fingerprint density at radius 1 is 0.941 bits per heavy atom. The first-order valence-corrected chi connectivity index (χ1v) is 11.7. The van der Waals surface area contributed by atoms with Crippen LogP contribution in [0.1, 0.15) is 39.2 Å². The maximum atomic E-state index is 13.8. The molecule has 2 aliphatic rings. The number of hydrogen-bond acceptors (Lipinski definition) is 5. The smallest absolute Gasteiger partial charge is 0.410 e. The zero-order valence-electron chi connectivity index (χ0n) is 20.0.